The second-order valence-electron chi connectivity index (χ2n) is 6.48. The first-order valence-electron chi connectivity index (χ1n) is 8.13. The Balaban J connectivity index is 1.39. The minimum atomic E-state index is -0.181. The SMILES string of the molecule is Cc1noc([C@@H]2CCC3(CCN(C(=O)c4nnsc4C)CC3)O2)n1. The third-order valence-corrected chi connectivity index (χ3v) is 5.52. The zero-order valence-electron chi connectivity index (χ0n) is 13.7. The van der Waals surface area contributed by atoms with Crippen molar-refractivity contribution in [2.24, 2.45) is 0 Å². The fourth-order valence-corrected chi connectivity index (χ4v) is 3.96. The van der Waals surface area contributed by atoms with Crippen LogP contribution in [0.5, 0.6) is 0 Å². The average Bonchev–Trinajstić information content (AvgIpc) is 3.28. The van der Waals surface area contributed by atoms with E-state index in [0.29, 0.717) is 30.5 Å². The number of amides is 1. The molecule has 0 radical (unpaired) electrons. The van der Waals surface area contributed by atoms with E-state index in [1.807, 2.05) is 11.8 Å². The number of piperidine rings is 1. The Labute approximate surface area is 143 Å². The first-order chi connectivity index (χ1) is 11.6. The van der Waals surface area contributed by atoms with Gasteiger partial charge < -0.3 is 14.2 Å². The van der Waals surface area contributed by atoms with Crippen molar-refractivity contribution in [1.29, 1.82) is 0 Å². The van der Waals surface area contributed by atoms with Gasteiger partial charge in [0.2, 0.25) is 0 Å². The summed E-state index contributed by atoms with van der Waals surface area (Å²) in [4.78, 5) is 19.5. The largest absolute Gasteiger partial charge is 0.362 e. The van der Waals surface area contributed by atoms with E-state index in [0.717, 1.165) is 30.6 Å². The molecule has 2 aliphatic rings. The number of ether oxygens (including phenoxy) is 1. The number of aromatic nitrogens is 4. The second-order valence-corrected chi connectivity index (χ2v) is 7.44. The molecule has 0 saturated carbocycles. The van der Waals surface area contributed by atoms with E-state index in [2.05, 4.69) is 19.7 Å². The molecule has 4 heterocycles. The van der Waals surface area contributed by atoms with Gasteiger partial charge in [-0.15, -0.1) is 5.10 Å². The van der Waals surface area contributed by atoms with Crippen molar-refractivity contribution in [3.05, 3.63) is 22.3 Å². The van der Waals surface area contributed by atoms with Crippen LogP contribution in [0.25, 0.3) is 0 Å². The summed E-state index contributed by atoms with van der Waals surface area (Å²) < 4.78 is 15.4. The predicted molar refractivity (Wildman–Crippen MR) is 84.6 cm³/mol. The van der Waals surface area contributed by atoms with Crippen molar-refractivity contribution in [2.75, 3.05) is 13.1 Å². The maximum atomic E-state index is 12.5. The lowest BCUT2D eigenvalue weighted by Gasteiger charge is -2.38. The van der Waals surface area contributed by atoms with Crippen molar-refractivity contribution in [3.63, 3.8) is 0 Å². The third kappa shape index (κ3) is 2.71. The van der Waals surface area contributed by atoms with E-state index in [-0.39, 0.29) is 17.6 Å². The van der Waals surface area contributed by atoms with Crippen LogP contribution in [0.1, 0.15) is 58.9 Å². The van der Waals surface area contributed by atoms with Crippen molar-refractivity contribution in [2.45, 2.75) is 51.2 Å². The van der Waals surface area contributed by atoms with Crippen LogP contribution in [0, 0.1) is 13.8 Å². The molecule has 2 saturated heterocycles. The maximum Gasteiger partial charge on any atom is 0.275 e. The topological polar surface area (TPSA) is 94.2 Å². The minimum absolute atomic E-state index is 0.0295. The van der Waals surface area contributed by atoms with Gasteiger partial charge in [0, 0.05) is 13.1 Å². The van der Waals surface area contributed by atoms with E-state index in [4.69, 9.17) is 9.26 Å². The van der Waals surface area contributed by atoms with E-state index < -0.39 is 0 Å². The number of hydrogen-bond acceptors (Lipinski definition) is 8. The van der Waals surface area contributed by atoms with Crippen LogP contribution in [0.3, 0.4) is 0 Å². The van der Waals surface area contributed by atoms with Crippen molar-refractivity contribution >= 4 is 17.4 Å². The van der Waals surface area contributed by atoms with Crippen LogP contribution >= 0.6 is 11.5 Å². The number of rotatable bonds is 2. The molecule has 0 N–H and O–H groups in total. The van der Waals surface area contributed by atoms with Crippen molar-refractivity contribution < 1.29 is 14.1 Å². The summed E-state index contributed by atoms with van der Waals surface area (Å²) in [6.45, 7) is 5.02. The van der Waals surface area contributed by atoms with Gasteiger partial charge in [-0.2, -0.15) is 4.98 Å². The number of carbonyl (C=O) groups excluding carboxylic acids is 1. The molecule has 4 rings (SSSR count). The molecule has 0 unspecified atom stereocenters. The molecule has 1 spiro atoms. The first kappa shape index (κ1) is 15.6. The van der Waals surface area contributed by atoms with Crippen LogP contribution in [-0.2, 0) is 4.74 Å². The molecule has 0 aliphatic carbocycles. The Hall–Kier alpha value is -1.87. The number of nitrogens with zero attached hydrogens (tertiary/aromatic N) is 5. The zero-order valence-corrected chi connectivity index (χ0v) is 14.5. The molecule has 9 heteroatoms. The van der Waals surface area contributed by atoms with E-state index in [1.54, 1.807) is 6.92 Å². The highest BCUT2D eigenvalue weighted by molar-refractivity contribution is 7.05. The van der Waals surface area contributed by atoms with Crippen LogP contribution in [0.2, 0.25) is 0 Å². The Morgan fingerprint density at radius 2 is 2.08 bits per heavy atom. The fourth-order valence-electron chi connectivity index (χ4n) is 3.50. The molecule has 0 bridgehead atoms. The maximum absolute atomic E-state index is 12.5. The summed E-state index contributed by atoms with van der Waals surface area (Å²) in [5.41, 5.74) is 0.293. The normalized spacial score (nSPS) is 23.1. The minimum Gasteiger partial charge on any atom is -0.362 e. The lowest BCUT2D eigenvalue weighted by molar-refractivity contribution is -0.0821. The van der Waals surface area contributed by atoms with Crippen LogP contribution in [-0.4, -0.2) is 49.2 Å². The Bertz CT molecular complexity index is 750. The summed E-state index contributed by atoms with van der Waals surface area (Å²) in [5.74, 6) is 1.16. The molecule has 2 aromatic rings. The summed E-state index contributed by atoms with van der Waals surface area (Å²) in [6, 6.07) is 0. The quantitative estimate of drug-likeness (QED) is 0.819. The third-order valence-electron chi connectivity index (χ3n) is 4.89. The first-order valence-corrected chi connectivity index (χ1v) is 8.90. The van der Waals surface area contributed by atoms with Gasteiger partial charge in [0.15, 0.2) is 11.5 Å². The Morgan fingerprint density at radius 3 is 2.71 bits per heavy atom. The van der Waals surface area contributed by atoms with E-state index in [9.17, 15) is 4.79 Å². The lowest BCUT2D eigenvalue weighted by atomic mass is 9.88. The molecule has 2 aromatic heterocycles. The molecular weight excluding hydrogens is 330 g/mol. The van der Waals surface area contributed by atoms with Gasteiger partial charge in [-0.25, -0.2) is 0 Å². The summed E-state index contributed by atoms with van der Waals surface area (Å²) in [7, 11) is 0. The highest BCUT2D eigenvalue weighted by atomic mass is 32.1. The van der Waals surface area contributed by atoms with Crippen LogP contribution in [0.15, 0.2) is 4.52 Å². The molecular formula is C15H19N5O3S. The Morgan fingerprint density at radius 1 is 1.29 bits per heavy atom. The van der Waals surface area contributed by atoms with Gasteiger partial charge >= 0.3 is 0 Å². The van der Waals surface area contributed by atoms with Crippen molar-refractivity contribution in [1.82, 2.24) is 24.6 Å². The predicted octanol–water partition coefficient (Wildman–Crippen LogP) is 2.06. The average molecular weight is 349 g/mol. The van der Waals surface area contributed by atoms with E-state index in [1.165, 1.54) is 11.5 Å². The lowest BCUT2D eigenvalue weighted by Crippen LogP contribution is -2.46. The molecule has 0 aromatic carbocycles. The number of aryl methyl sites for hydroxylation is 2. The standard InChI is InChI=1S/C15H19N5O3S/c1-9-12(17-19-24-9)14(21)20-7-5-15(6-8-20)4-3-11(22-15)13-16-10(2)18-23-13/h11H,3-8H2,1-2H3/t11-/m0/s1. The summed E-state index contributed by atoms with van der Waals surface area (Å²) in [6.07, 6.45) is 3.35. The van der Waals surface area contributed by atoms with Crippen LogP contribution in [0.4, 0.5) is 0 Å². The smallest absolute Gasteiger partial charge is 0.275 e. The molecule has 1 amide bonds. The molecule has 1 atom stereocenters. The Kier molecular flexibility index (Phi) is 3.84. The highest BCUT2D eigenvalue weighted by Crippen LogP contribution is 2.44. The summed E-state index contributed by atoms with van der Waals surface area (Å²) >= 11 is 1.26. The fraction of sp³-hybridized carbons (Fsp3) is 0.667. The molecule has 128 valence electrons. The van der Waals surface area contributed by atoms with Gasteiger partial charge in [0.05, 0.1) is 10.5 Å². The summed E-state index contributed by atoms with van der Waals surface area (Å²) in [5, 5.41) is 7.79. The van der Waals surface area contributed by atoms with Crippen molar-refractivity contribution in [3.8, 4) is 0 Å². The van der Waals surface area contributed by atoms with Crippen LogP contribution < -0.4 is 0 Å². The van der Waals surface area contributed by atoms with E-state index >= 15 is 0 Å². The molecule has 24 heavy (non-hydrogen) atoms. The van der Waals surface area contributed by atoms with Gasteiger partial charge in [-0.05, 0) is 51.1 Å². The molecule has 8 nitrogen and oxygen atoms in total. The second kappa shape index (κ2) is 5.89. The van der Waals surface area contributed by atoms with Gasteiger partial charge in [0.25, 0.3) is 11.8 Å². The molecule has 2 aliphatic heterocycles. The number of likely N-dealkylation sites (tertiary alicyclic amines) is 1. The zero-order chi connectivity index (χ0) is 16.7. The van der Waals surface area contributed by atoms with Gasteiger partial charge in [-0.1, -0.05) is 9.64 Å². The highest BCUT2D eigenvalue weighted by Gasteiger charge is 2.45. The van der Waals surface area contributed by atoms with Gasteiger partial charge in [-0.3, -0.25) is 4.79 Å². The molecule has 2 fully saturated rings. The van der Waals surface area contributed by atoms with Gasteiger partial charge in [0.1, 0.15) is 6.10 Å². The number of hydrogen-bond donors (Lipinski definition) is 0. The number of carbonyl (C=O) groups is 1. The monoisotopic (exact) mass is 349 g/mol.